The summed E-state index contributed by atoms with van der Waals surface area (Å²) in [6.45, 7) is 5.29. The van der Waals surface area contributed by atoms with Crippen molar-refractivity contribution < 1.29 is 33.8 Å². The minimum Gasteiger partial charge on any atom is -0.507 e. The number of ether oxygens (including phenoxy) is 1. The zero-order valence-corrected chi connectivity index (χ0v) is 26.9. The minimum absolute atomic E-state index is 0.0253. The number of hydrogen-bond donors (Lipinski definition) is 6. The van der Waals surface area contributed by atoms with Gasteiger partial charge in [0.05, 0.1) is 6.04 Å². The number of likely N-dealkylation sites (N-methyl/N-ethyl adjacent to an activating group) is 1. The fourth-order valence-corrected chi connectivity index (χ4v) is 5.13. The van der Waals surface area contributed by atoms with Crippen LogP contribution in [0.25, 0.3) is 11.1 Å². The lowest BCUT2D eigenvalue weighted by Gasteiger charge is -2.30. The molecule has 4 bridgehead atoms. The first-order chi connectivity index (χ1) is 21.9. The van der Waals surface area contributed by atoms with Crippen molar-refractivity contribution in [3.63, 3.8) is 0 Å². The Labute approximate surface area is 269 Å². The quantitative estimate of drug-likeness (QED) is 0.184. The smallest absolute Gasteiger partial charge is 0.248 e. The van der Waals surface area contributed by atoms with Crippen LogP contribution in [0.1, 0.15) is 63.6 Å². The zero-order chi connectivity index (χ0) is 34.0. The Morgan fingerprint density at radius 2 is 1.76 bits per heavy atom. The molecule has 8 N–H and O–H groups in total. The number of fused-ring (bicyclic) bond motifs is 5. The molecule has 0 fully saturated rings. The van der Waals surface area contributed by atoms with Gasteiger partial charge in [-0.3, -0.25) is 24.0 Å². The molecule has 0 spiro atoms. The Morgan fingerprint density at radius 1 is 1.02 bits per heavy atom. The van der Waals surface area contributed by atoms with E-state index in [1.165, 1.54) is 31.9 Å². The topological polar surface area (TPSA) is 206 Å². The van der Waals surface area contributed by atoms with Crippen LogP contribution in [-0.2, 0) is 30.4 Å². The number of phenolic OH excluding ortho intramolecular Hbond substituents is 1. The van der Waals surface area contributed by atoms with Crippen molar-refractivity contribution in [2.75, 3.05) is 26.7 Å². The van der Waals surface area contributed by atoms with E-state index in [-0.39, 0.29) is 43.4 Å². The summed E-state index contributed by atoms with van der Waals surface area (Å²) >= 11 is 0. The fraction of sp³-hybridized carbons (Fsp3) is 0.485. The third kappa shape index (κ3) is 9.27. The molecule has 46 heavy (non-hydrogen) atoms. The van der Waals surface area contributed by atoms with E-state index in [0.29, 0.717) is 41.0 Å². The van der Waals surface area contributed by atoms with Gasteiger partial charge in [0, 0.05) is 37.6 Å². The molecule has 0 aromatic heterocycles. The summed E-state index contributed by atoms with van der Waals surface area (Å²) in [6.07, 6.45) is 2.34. The molecule has 13 nitrogen and oxygen atoms in total. The standard InChI is InChI=1S/C33H46N6O7/c1-19(21(3)40)36-32(44)26-17-22-9-12-28(46-15-14-35)25(16-22)24-18-23(10-11-27(24)41)30(33(45)37-20(2)31(43)38-26)39(4)29(42)8-6-5-7-13-34/h9-12,16,18-20,26,30,41H,5-8,13-15,17,34-35H2,1-4H3,(H,36,44)(H,37,45)(H,38,43). The number of amides is 4. The van der Waals surface area contributed by atoms with Crippen LogP contribution in [0.4, 0.5) is 0 Å². The number of unbranched alkanes of at least 4 members (excludes halogenated alkanes) is 2. The van der Waals surface area contributed by atoms with Crippen LogP contribution in [0, 0.1) is 0 Å². The summed E-state index contributed by atoms with van der Waals surface area (Å²) in [7, 11) is 1.52. The number of hydrogen-bond acceptors (Lipinski definition) is 9. The highest BCUT2D eigenvalue weighted by molar-refractivity contribution is 5.96. The summed E-state index contributed by atoms with van der Waals surface area (Å²) in [6, 6.07) is 5.57. The molecule has 4 atom stereocenters. The second kappa shape index (κ2) is 16.7. The Morgan fingerprint density at radius 3 is 2.43 bits per heavy atom. The van der Waals surface area contributed by atoms with Gasteiger partial charge in [0.2, 0.25) is 23.6 Å². The number of carbonyl (C=O) groups is 5. The number of aromatic hydroxyl groups is 1. The maximum absolute atomic E-state index is 13.9. The van der Waals surface area contributed by atoms with Crippen LogP contribution in [0.2, 0.25) is 0 Å². The number of rotatable bonds is 12. The van der Waals surface area contributed by atoms with Gasteiger partial charge in [-0.2, -0.15) is 0 Å². The lowest BCUT2D eigenvalue weighted by Crippen LogP contribution is -2.56. The number of Topliss-reactive ketones (excluding diaryl/α,β-unsaturated/α-hetero) is 1. The molecule has 2 aromatic rings. The molecule has 0 saturated heterocycles. The Hall–Kier alpha value is -4.49. The summed E-state index contributed by atoms with van der Waals surface area (Å²) in [5.41, 5.74) is 13.1. The molecule has 1 aliphatic heterocycles. The predicted octanol–water partition coefficient (Wildman–Crippen LogP) is 1.05. The van der Waals surface area contributed by atoms with Crippen LogP contribution in [0.3, 0.4) is 0 Å². The first kappa shape index (κ1) is 36.0. The number of nitrogens with two attached hydrogens (primary N) is 2. The summed E-state index contributed by atoms with van der Waals surface area (Å²) in [5.74, 6) is -2.11. The van der Waals surface area contributed by atoms with Gasteiger partial charge in [-0.05, 0) is 75.5 Å². The lowest BCUT2D eigenvalue weighted by molar-refractivity contribution is -0.140. The summed E-state index contributed by atoms with van der Waals surface area (Å²) in [4.78, 5) is 67.0. The second-order valence-electron chi connectivity index (χ2n) is 11.6. The van der Waals surface area contributed by atoms with Crippen molar-refractivity contribution in [3.05, 3.63) is 47.5 Å². The molecule has 3 rings (SSSR count). The highest BCUT2D eigenvalue weighted by atomic mass is 16.5. The van der Waals surface area contributed by atoms with Crippen molar-refractivity contribution in [2.45, 2.75) is 77.0 Å². The fourth-order valence-electron chi connectivity index (χ4n) is 5.13. The Kier molecular flexibility index (Phi) is 13.1. The van der Waals surface area contributed by atoms with Crippen LogP contribution in [-0.4, -0.2) is 84.3 Å². The molecule has 1 aliphatic rings. The van der Waals surface area contributed by atoms with Gasteiger partial charge in [-0.15, -0.1) is 0 Å². The third-order valence-electron chi connectivity index (χ3n) is 7.96. The van der Waals surface area contributed by atoms with Gasteiger partial charge in [0.15, 0.2) is 5.78 Å². The number of carbonyl (C=O) groups excluding carboxylic acids is 5. The minimum atomic E-state index is -1.16. The van der Waals surface area contributed by atoms with Gasteiger partial charge < -0.3 is 42.2 Å². The number of nitrogens with zero attached hydrogens (tertiary/aromatic N) is 1. The molecular formula is C33H46N6O7. The molecular weight excluding hydrogens is 592 g/mol. The molecule has 250 valence electrons. The normalized spacial score (nSPS) is 18.8. The summed E-state index contributed by atoms with van der Waals surface area (Å²) < 4.78 is 5.89. The van der Waals surface area contributed by atoms with Crippen molar-refractivity contribution in [1.29, 1.82) is 0 Å². The lowest BCUT2D eigenvalue weighted by atomic mass is 9.93. The van der Waals surface area contributed by atoms with Gasteiger partial charge in [-0.1, -0.05) is 18.6 Å². The van der Waals surface area contributed by atoms with Crippen molar-refractivity contribution in [1.82, 2.24) is 20.9 Å². The highest BCUT2D eigenvalue weighted by Crippen LogP contribution is 2.39. The molecule has 0 saturated carbocycles. The zero-order valence-electron chi connectivity index (χ0n) is 26.9. The van der Waals surface area contributed by atoms with Crippen LogP contribution >= 0.6 is 0 Å². The molecule has 13 heteroatoms. The Balaban J connectivity index is 2.16. The van der Waals surface area contributed by atoms with Crippen LogP contribution < -0.4 is 32.2 Å². The molecule has 0 radical (unpaired) electrons. The number of nitrogens with one attached hydrogen (secondary N) is 3. The summed E-state index contributed by atoms with van der Waals surface area (Å²) in [5, 5.41) is 19.1. The molecule has 0 aliphatic carbocycles. The number of ketones is 1. The van der Waals surface area contributed by atoms with E-state index in [0.717, 1.165) is 12.8 Å². The largest absolute Gasteiger partial charge is 0.507 e. The van der Waals surface area contributed by atoms with Crippen LogP contribution in [0.15, 0.2) is 36.4 Å². The predicted molar refractivity (Wildman–Crippen MR) is 173 cm³/mol. The molecule has 1 heterocycles. The van der Waals surface area contributed by atoms with Crippen molar-refractivity contribution >= 4 is 29.4 Å². The monoisotopic (exact) mass is 638 g/mol. The third-order valence-corrected chi connectivity index (χ3v) is 7.96. The van der Waals surface area contributed by atoms with Crippen molar-refractivity contribution in [2.24, 2.45) is 11.5 Å². The maximum Gasteiger partial charge on any atom is 0.248 e. The van der Waals surface area contributed by atoms with E-state index >= 15 is 0 Å². The van der Waals surface area contributed by atoms with E-state index in [1.807, 2.05) is 0 Å². The van der Waals surface area contributed by atoms with E-state index in [1.54, 1.807) is 37.3 Å². The second-order valence-corrected chi connectivity index (χ2v) is 11.6. The molecule has 4 amide bonds. The Bertz CT molecular complexity index is 1430. The molecule has 4 unspecified atom stereocenters. The van der Waals surface area contributed by atoms with Gasteiger partial charge >= 0.3 is 0 Å². The number of phenols is 1. The van der Waals surface area contributed by atoms with E-state index in [9.17, 15) is 29.1 Å². The van der Waals surface area contributed by atoms with Crippen molar-refractivity contribution in [3.8, 4) is 22.6 Å². The van der Waals surface area contributed by atoms with E-state index in [4.69, 9.17) is 16.2 Å². The van der Waals surface area contributed by atoms with E-state index < -0.39 is 41.9 Å². The van der Waals surface area contributed by atoms with E-state index in [2.05, 4.69) is 16.0 Å². The first-order valence-corrected chi connectivity index (χ1v) is 15.5. The first-order valence-electron chi connectivity index (χ1n) is 15.5. The average molecular weight is 639 g/mol. The van der Waals surface area contributed by atoms with Gasteiger partial charge in [-0.25, -0.2) is 0 Å². The van der Waals surface area contributed by atoms with Gasteiger partial charge in [0.25, 0.3) is 0 Å². The SMILES string of the molecule is CC(=O)C(C)NC(=O)C1Cc2ccc(OCCN)c(c2)-c2cc(ccc2O)C(N(C)C(=O)CCCCCN)C(=O)NC(C)C(=O)N1. The van der Waals surface area contributed by atoms with Crippen LogP contribution in [0.5, 0.6) is 11.5 Å². The highest BCUT2D eigenvalue weighted by Gasteiger charge is 2.33. The number of benzene rings is 2. The van der Waals surface area contributed by atoms with Gasteiger partial charge in [0.1, 0.15) is 36.2 Å². The maximum atomic E-state index is 13.9. The molecule has 2 aromatic carbocycles. The average Bonchev–Trinajstić information content (AvgIpc) is 3.02.